The van der Waals surface area contributed by atoms with E-state index in [4.69, 9.17) is 0 Å². The van der Waals surface area contributed by atoms with E-state index in [1.54, 1.807) is 42.5 Å². The molecule has 8 heteroatoms. The largest absolute Gasteiger partial charge is 0.357 e. The molecule has 0 amide bonds. The fourth-order valence-corrected chi connectivity index (χ4v) is 3.71. The van der Waals surface area contributed by atoms with Crippen LogP contribution in [-0.4, -0.2) is 45.9 Å². The number of nitrogens with one attached hydrogen (secondary N) is 2. The average molecular weight is 407 g/mol. The summed E-state index contributed by atoms with van der Waals surface area (Å²) in [5.41, 5.74) is 1.25. The molecule has 0 unspecified atom stereocenters. The number of guanidine groups is 1. The third kappa shape index (κ3) is 5.77. The van der Waals surface area contributed by atoms with Gasteiger partial charge in [-0.05, 0) is 36.6 Å². The van der Waals surface area contributed by atoms with Crippen molar-refractivity contribution in [2.45, 2.75) is 24.8 Å². The van der Waals surface area contributed by atoms with Gasteiger partial charge in [-0.3, -0.25) is 0 Å². The van der Waals surface area contributed by atoms with Gasteiger partial charge in [-0.2, -0.15) is 0 Å². The molecular weight excluding hydrogens is 379 g/mol. The third-order valence-corrected chi connectivity index (χ3v) is 6.04. The lowest BCUT2D eigenvalue weighted by molar-refractivity contribution is 0.519. The molecule has 2 rings (SSSR count). The Kier molecular flexibility index (Phi) is 7.95. The standard InChI is InChI=1S/C20H27FN4O2S/c1-4-22-20(23-14-13-16-9-5-7-11-18(16)21)24-15-17-10-6-8-12-19(17)28(26,27)25(2)3/h5-12H,4,13-15H2,1-3H3,(H2,22,23,24). The van der Waals surface area contributed by atoms with Crippen LogP contribution < -0.4 is 10.6 Å². The molecule has 2 N–H and O–H groups in total. The first-order valence-electron chi connectivity index (χ1n) is 9.12. The Morgan fingerprint density at radius 1 is 1.04 bits per heavy atom. The fourth-order valence-electron chi connectivity index (χ4n) is 2.61. The zero-order valence-corrected chi connectivity index (χ0v) is 17.3. The Morgan fingerprint density at radius 3 is 2.32 bits per heavy atom. The quantitative estimate of drug-likeness (QED) is 0.521. The van der Waals surface area contributed by atoms with Crippen LogP contribution in [-0.2, 0) is 23.0 Å². The van der Waals surface area contributed by atoms with Crippen LogP contribution in [0, 0.1) is 5.82 Å². The maximum atomic E-state index is 13.7. The van der Waals surface area contributed by atoms with Crippen molar-refractivity contribution in [3.05, 3.63) is 65.5 Å². The molecule has 0 aliphatic rings. The molecule has 0 aromatic heterocycles. The molecule has 152 valence electrons. The van der Waals surface area contributed by atoms with E-state index in [9.17, 15) is 12.8 Å². The molecule has 0 aliphatic heterocycles. The number of halogens is 1. The van der Waals surface area contributed by atoms with Gasteiger partial charge in [0.15, 0.2) is 5.96 Å². The molecule has 28 heavy (non-hydrogen) atoms. The number of rotatable bonds is 8. The van der Waals surface area contributed by atoms with Crippen molar-refractivity contribution in [3.63, 3.8) is 0 Å². The molecular formula is C20H27FN4O2S. The maximum absolute atomic E-state index is 13.7. The second-order valence-electron chi connectivity index (χ2n) is 6.36. The van der Waals surface area contributed by atoms with Gasteiger partial charge in [0.2, 0.25) is 10.0 Å². The minimum Gasteiger partial charge on any atom is -0.357 e. The lowest BCUT2D eigenvalue weighted by Gasteiger charge is -2.15. The SMILES string of the molecule is CCNC(=NCc1ccccc1S(=O)(=O)N(C)C)NCCc1ccccc1F. The van der Waals surface area contributed by atoms with Gasteiger partial charge in [-0.1, -0.05) is 36.4 Å². The van der Waals surface area contributed by atoms with Gasteiger partial charge < -0.3 is 10.6 Å². The monoisotopic (exact) mass is 406 g/mol. The highest BCUT2D eigenvalue weighted by Gasteiger charge is 2.20. The van der Waals surface area contributed by atoms with Gasteiger partial charge in [0.1, 0.15) is 5.82 Å². The van der Waals surface area contributed by atoms with Crippen LogP contribution in [0.15, 0.2) is 58.4 Å². The van der Waals surface area contributed by atoms with Crippen LogP contribution in [0.1, 0.15) is 18.1 Å². The Bertz CT molecular complexity index is 914. The summed E-state index contributed by atoms with van der Waals surface area (Å²) in [5, 5.41) is 6.28. The van der Waals surface area contributed by atoms with E-state index in [0.717, 1.165) is 0 Å². The molecule has 0 bridgehead atoms. The summed E-state index contributed by atoms with van der Waals surface area (Å²) in [5.74, 6) is 0.324. The summed E-state index contributed by atoms with van der Waals surface area (Å²) >= 11 is 0. The lowest BCUT2D eigenvalue weighted by Crippen LogP contribution is -2.38. The average Bonchev–Trinajstić information content (AvgIpc) is 2.67. The zero-order chi connectivity index (χ0) is 20.6. The fraction of sp³-hybridized carbons (Fsp3) is 0.350. The van der Waals surface area contributed by atoms with Crippen LogP contribution in [0.2, 0.25) is 0 Å². The van der Waals surface area contributed by atoms with Crippen LogP contribution in [0.25, 0.3) is 0 Å². The molecule has 0 saturated heterocycles. The first kappa shape index (κ1) is 21.8. The number of hydrogen-bond donors (Lipinski definition) is 2. The van der Waals surface area contributed by atoms with Crippen LogP contribution >= 0.6 is 0 Å². The van der Waals surface area contributed by atoms with Crippen LogP contribution in [0.3, 0.4) is 0 Å². The summed E-state index contributed by atoms with van der Waals surface area (Å²) in [6, 6.07) is 13.5. The first-order chi connectivity index (χ1) is 13.4. The Morgan fingerprint density at radius 2 is 1.68 bits per heavy atom. The summed E-state index contributed by atoms with van der Waals surface area (Å²) in [4.78, 5) is 4.73. The smallest absolute Gasteiger partial charge is 0.242 e. The Hall–Kier alpha value is -2.45. The molecule has 0 fully saturated rings. The Balaban J connectivity index is 2.10. The molecule has 0 saturated carbocycles. The van der Waals surface area contributed by atoms with E-state index in [-0.39, 0.29) is 17.3 Å². The predicted octanol–water partition coefficient (Wildman–Crippen LogP) is 2.37. The number of nitrogens with zero attached hydrogens (tertiary/aromatic N) is 2. The van der Waals surface area contributed by atoms with Crippen molar-refractivity contribution in [2.24, 2.45) is 4.99 Å². The minimum atomic E-state index is -3.54. The summed E-state index contributed by atoms with van der Waals surface area (Å²) in [6.45, 7) is 3.31. The number of hydrogen-bond acceptors (Lipinski definition) is 3. The van der Waals surface area contributed by atoms with Gasteiger partial charge in [0.25, 0.3) is 0 Å². The predicted molar refractivity (Wildman–Crippen MR) is 110 cm³/mol. The first-order valence-corrected chi connectivity index (χ1v) is 10.6. The summed E-state index contributed by atoms with van der Waals surface area (Å²) < 4.78 is 39.9. The Labute approximate surface area is 166 Å². The second-order valence-corrected chi connectivity index (χ2v) is 8.48. The van der Waals surface area contributed by atoms with Crippen molar-refractivity contribution in [1.82, 2.24) is 14.9 Å². The maximum Gasteiger partial charge on any atom is 0.242 e. The molecule has 0 spiro atoms. The van der Waals surface area contributed by atoms with E-state index in [1.807, 2.05) is 6.92 Å². The van der Waals surface area contributed by atoms with Gasteiger partial charge >= 0.3 is 0 Å². The highest BCUT2D eigenvalue weighted by atomic mass is 32.2. The van der Waals surface area contributed by atoms with E-state index in [2.05, 4.69) is 15.6 Å². The number of benzene rings is 2. The zero-order valence-electron chi connectivity index (χ0n) is 16.4. The van der Waals surface area contributed by atoms with E-state index in [1.165, 1.54) is 24.5 Å². The van der Waals surface area contributed by atoms with Gasteiger partial charge in [0, 0.05) is 27.2 Å². The van der Waals surface area contributed by atoms with Crippen molar-refractivity contribution < 1.29 is 12.8 Å². The van der Waals surface area contributed by atoms with Gasteiger partial charge in [-0.15, -0.1) is 0 Å². The van der Waals surface area contributed by atoms with Crippen molar-refractivity contribution in [1.29, 1.82) is 0 Å². The van der Waals surface area contributed by atoms with E-state index in [0.29, 0.717) is 36.6 Å². The van der Waals surface area contributed by atoms with E-state index < -0.39 is 10.0 Å². The molecule has 0 heterocycles. The molecule has 2 aromatic rings. The van der Waals surface area contributed by atoms with Crippen LogP contribution in [0.5, 0.6) is 0 Å². The lowest BCUT2D eigenvalue weighted by atomic mass is 10.1. The van der Waals surface area contributed by atoms with Gasteiger partial charge in [-0.25, -0.2) is 22.1 Å². The molecule has 2 aromatic carbocycles. The van der Waals surface area contributed by atoms with Crippen molar-refractivity contribution in [2.75, 3.05) is 27.2 Å². The summed E-state index contributed by atoms with van der Waals surface area (Å²) in [7, 11) is -0.537. The van der Waals surface area contributed by atoms with Crippen LogP contribution in [0.4, 0.5) is 4.39 Å². The third-order valence-electron chi connectivity index (χ3n) is 4.13. The second kappa shape index (κ2) is 10.2. The minimum absolute atomic E-state index is 0.207. The molecule has 6 nitrogen and oxygen atoms in total. The molecule has 0 atom stereocenters. The summed E-state index contributed by atoms with van der Waals surface area (Å²) in [6.07, 6.45) is 0.517. The number of aliphatic imine (C=N–C) groups is 1. The van der Waals surface area contributed by atoms with Crippen molar-refractivity contribution in [3.8, 4) is 0 Å². The van der Waals surface area contributed by atoms with Gasteiger partial charge in [0.05, 0.1) is 11.4 Å². The highest BCUT2D eigenvalue weighted by Crippen LogP contribution is 2.19. The van der Waals surface area contributed by atoms with E-state index >= 15 is 0 Å². The molecule has 0 radical (unpaired) electrons. The van der Waals surface area contributed by atoms with Crippen molar-refractivity contribution >= 4 is 16.0 Å². The highest BCUT2D eigenvalue weighted by molar-refractivity contribution is 7.89. The number of sulfonamides is 1. The normalized spacial score (nSPS) is 12.2. The molecule has 0 aliphatic carbocycles. The topological polar surface area (TPSA) is 73.8 Å².